The Bertz CT molecular complexity index is 940. The highest BCUT2D eigenvalue weighted by atomic mass is 16.5. The fourth-order valence-electron chi connectivity index (χ4n) is 4.01. The maximum absolute atomic E-state index is 13.0. The zero-order valence-corrected chi connectivity index (χ0v) is 20.4. The average Bonchev–Trinajstić information content (AvgIpc) is 3.46. The molecule has 1 aromatic carbocycles. The molecule has 8 heteroatoms. The maximum atomic E-state index is 13.0. The second-order valence-electron chi connectivity index (χ2n) is 9.56. The van der Waals surface area contributed by atoms with Crippen molar-refractivity contribution in [1.82, 2.24) is 14.7 Å². The smallest absolute Gasteiger partial charge is 0.245 e. The summed E-state index contributed by atoms with van der Waals surface area (Å²) < 4.78 is 12.1. The molecule has 0 bridgehead atoms. The van der Waals surface area contributed by atoms with Crippen LogP contribution in [0.4, 0.5) is 5.82 Å². The number of nitrogens with one attached hydrogen (secondary N) is 1. The van der Waals surface area contributed by atoms with Gasteiger partial charge in [0, 0.05) is 31.1 Å². The highest BCUT2D eigenvalue weighted by Crippen LogP contribution is 2.28. The molecule has 2 aromatic rings. The van der Waals surface area contributed by atoms with Gasteiger partial charge >= 0.3 is 0 Å². The van der Waals surface area contributed by atoms with E-state index < -0.39 is 0 Å². The number of carbonyl (C=O) groups excluding carboxylic acids is 2. The fraction of sp³-hybridized carbons (Fsp3) is 0.560. The molecule has 1 aliphatic rings. The van der Waals surface area contributed by atoms with Crippen molar-refractivity contribution in [1.29, 1.82) is 0 Å². The third-order valence-corrected chi connectivity index (χ3v) is 5.98. The van der Waals surface area contributed by atoms with Gasteiger partial charge in [0.15, 0.2) is 0 Å². The Hall–Kier alpha value is -2.87. The molecule has 0 unspecified atom stereocenters. The Labute approximate surface area is 196 Å². The predicted molar refractivity (Wildman–Crippen MR) is 128 cm³/mol. The summed E-state index contributed by atoms with van der Waals surface area (Å²) in [5, 5.41) is 7.73. The molecule has 8 nitrogen and oxygen atoms in total. The molecule has 1 aliphatic carbocycles. The first-order chi connectivity index (χ1) is 15.7. The van der Waals surface area contributed by atoms with Crippen LogP contribution in [0.1, 0.15) is 52.1 Å². The van der Waals surface area contributed by atoms with Gasteiger partial charge in [-0.2, -0.15) is 5.10 Å². The maximum Gasteiger partial charge on any atom is 0.245 e. The molecule has 1 saturated carbocycles. The molecule has 0 aliphatic heterocycles. The van der Waals surface area contributed by atoms with Crippen molar-refractivity contribution in [3.63, 3.8) is 0 Å². The van der Waals surface area contributed by atoms with Crippen LogP contribution in [0.15, 0.2) is 30.3 Å². The molecular weight excluding hydrogens is 420 g/mol. The van der Waals surface area contributed by atoms with Crippen molar-refractivity contribution in [2.45, 2.75) is 51.9 Å². The number of ether oxygens (including phenoxy) is 2. The molecule has 0 radical (unpaired) electrons. The number of methoxy groups -OCH3 is 2. The highest BCUT2D eigenvalue weighted by molar-refractivity contribution is 5.94. The summed E-state index contributed by atoms with van der Waals surface area (Å²) in [7, 11) is 3.22. The topological polar surface area (TPSA) is 85.7 Å². The molecule has 2 amide bonds. The van der Waals surface area contributed by atoms with Crippen molar-refractivity contribution in [3.05, 3.63) is 36.0 Å². The number of rotatable bonds is 9. The molecule has 33 heavy (non-hydrogen) atoms. The van der Waals surface area contributed by atoms with E-state index in [1.165, 1.54) is 0 Å². The van der Waals surface area contributed by atoms with Gasteiger partial charge in [0.25, 0.3) is 0 Å². The molecular formula is C25H36N4O4. The second kappa shape index (κ2) is 10.8. The lowest BCUT2D eigenvalue weighted by molar-refractivity contribution is -0.138. The zero-order valence-electron chi connectivity index (χ0n) is 20.4. The minimum atomic E-state index is -0.257. The normalized spacial score (nSPS) is 14.3. The molecule has 3 rings (SSSR count). The van der Waals surface area contributed by atoms with Gasteiger partial charge in [0.2, 0.25) is 11.8 Å². The van der Waals surface area contributed by atoms with E-state index in [9.17, 15) is 9.59 Å². The van der Waals surface area contributed by atoms with E-state index in [1.54, 1.807) is 23.8 Å². The summed E-state index contributed by atoms with van der Waals surface area (Å²) in [5.74, 6) is 1.10. The second-order valence-corrected chi connectivity index (χ2v) is 9.56. The van der Waals surface area contributed by atoms with Crippen molar-refractivity contribution in [2.75, 3.05) is 39.2 Å². The minimum Gasteiger partial charge on any atom is -0.497 e. The molecule has 180 valence electrons. The summed E-state index contributed by atoms with van der Waals surface area (Å²) >= 11 is 0. The number of amides is 2. The van der Waals surface area contributed by atoms with Gasteiger partial charge in [-0.05, 0) is 37.1 Å². The summed E-state index contributed by atoms with van der Waals surface area (Å²) in [4.78, 5) is 27.6. The van der Waals surface area contributed by atoms with Crippen LogP contribution in [0.2, 0.25) is 0 Å². The first kappa shape index (κ1) is 24.8. The number of anilines is 1. The molecule has 1 N–H and O–H groups in total. The zero-order chi connectivity index (χ0) is 24.0. The molecule has 1 heterocycles. The largest absolute Gasteiger partial charge is 0.497 e. The van der Waals surface area contributed by atoms with Crippen LogP contribution >= 0.6 is 0 Å². The van der Waals surface area contributed by atoms with Crippen molar-refractivity contribution in [3.8, 4) is 11.4 Å². The minimum absolute atomic E-state index is 0.00646. The van der Waals surface area contributed by atoms with Gasteiger partial charge in [0.1, 0.15) is 11.6 Å². The van der Waals surface area contributed by atoms with E-state index in [0.29, 0.717) is 19.0 Å². The summed E-state index contributed by atoms with van der Waals surface area (Å²) in [5.41, 5.74) is 1.46. The Morgan fingerprint density at radius 2 is 1.82 bits per heavy atom. The van der Waals surface area contributed by atoms with E-state index in [-0.39, 0.29) is 29.7 Å². The summed E-state index contributed by atoms with van der Waals surface area (Å²) in [6.45, 7) is 7.00. The van der Waals surface area contributed by atoms with E-state index in [0.717, 1.165) is 42.8 Å². The van der Waals surface area contributed by atoms with Gasteiger partial charge in [-0.15, -0.1) is 0 Å². The van der Waals surface area contributed by atoms with Gasteiger partial charge in [0.05, 0.1) is 31.6 Å². The fourth-order valence-corrected chi connectivity index (χ4v) is 4.01. The lowest BCUT2D eigenvalue weighted by Gasteiger charge is -2.25. The number of benzene rings is 1. The highest BCUT2D eigenvalue weighted by Gasteiger charge is 2.29. The SMILES string of the molecule is COCCN(CC(=O)Nc1cc(C(C)(C)C)nn1-c1ccc(OC)cc1)C(=O)C1CCCC1. The number of aromatic nitrogens is 2. The van der Waals surface area contributed by atoms with Gasteiger partial charge in [-0.1, -0.05) is 33.6 Å². The first-order valence-corrected chi connectivity index (χ1v) is 11.6. The quantitative estimate of drug-likeness (QED) is 0.621. The Balaban J connectivity index is 1.81. The van der Waals surface area contributed by atoms with E-state index in [2.05, 4.69) is 26.1 Å². The third kappa shape index (κ3) is 6.35. The molecule has 1 fully saturated rings. The lowest BCUT2D eigenvalue weighted by Crippen LogP contribution is -2.42. The monoisotopic (exact) mass is 456 g/mol. The van der Waals surface area contributed by atoms with Gasteiger partial charge < -0.3 is 19.7 Å². The Morgan fingerprint density at radius 3 is 2.39 bits per heavy atom. The standard InChI is InChI=1S/C25H36N4O4/c1-25(2,3)21-16-22(29(27-21)19-10-12-20(33-5)13-11-19)26-23(30)17-28(14-15-32-4)24(31)18-8-6-7-9-18/h10-13,16,18H,6-9,14-15,17H2,1-5H3,(H,26,30). The summed E-state index contributed by atoms with van der Waals surface area (Å²) in [6, 6.07) is 9.38. The first-order valence-electron chi connectivity index (χ1n) is 11.6. The van der Waals surface area contributed by atoms with Gasteiger partial charge in [-0.3, -0.25) is 9.59 Å². The van der Waals surface area contributed by atoms with E-state index in [1.807, 2.05) is 30.3 Å². The van der Waals surface area contributed by atoms with Crippen molar-refractivity contribution in [2.24, 2.45) is 5.92 Å². The van der Waals surface area contributed by atoms with E-state index >= 15 is 0 Å². The van der Waals surface area contributed by atoms with Crippen molar-refractivity contribution >= 4 is 17.6 Å². The van der Waals surface area contributed by atoms with Crippen LogP contribution < -0.4 is 10.1 Å². The average molecular weight is 457 g/mol. The molecule has 0 saturated heterocycles. The molecule has 0 spiro atoms. The Morgan fingerprint density at radius 1 is 1.15 bits per heavy atom. The van der Waals surface area contributed by atoms with Crippen LogP contribution in [-0.2, 0) is 19.7 Å². The third-order valence-electron chi connectivity index (χ3n) is 5.98. The van der Waals surface area contributed by atoms with Crippen LogP contribution in [0.3, 0.4) is 0 Å². The number of hydrogen-bond donors (Lipinski definition) is 1. The van der Waals surface area contributed by atoms with Crippen LogP contribution in [0, 0.1) is 5.92 Å². The van der Waals surface area contributed by atoms with Crippen molar-refractivity contribution < 1.29 is 19.1 Å². The van der Waals surface area contributed by atoms with Crippen LogP contribution in [0.5, 0.6) is 5.75 Å². The number of hydrogen-bond acceptors (Lipinski definition) is 5. The molecule has 0 atom stereocenters. The number of carbonyl (C=O) groups is 2. The molecule has 1 aromatic heterocycles. The van der Waals surface area contributed by atoms with Crippen LogP contribution in [-0.4, -0.2) is 60.4 Å². The summed E-state index contributed by atoms with van der Waals surface area (Å²) in [6.07, 6.45) is 3.92. The predicted octanol–water partition coefficient (Wildman–Crippen LogP) is 3.78. The van der Waals surface area contributed by atoms with Gasteiger partial charge in [-0.25, -0.2) is 4.68 Å². The Kier molecular flexibility index (Phi) is 8.13. The van der Waals surface area contributed by atoms with Crippen LogP contribution in [0.25, 0.3) is 5.69 Å². The number of nitrogens with zero attached hydrogens (tertiary/aromatic N) is 3. The van der Waals surface area contributed by atoms with E-state index in [4.69, 9.17) is 14.6 Å². The lowest BCUT2D eigenvalue weighted by atomic mass is 9.92.